The van der Waals surface area contributed by atoms with Gasteiger partial charge in [-0.1, -0.05) is 0 Å². The fourth-order valence-electron chi connectivity index (χ4n) is 1.48. The first-order valence-electron chi connectivity index (χ1n) is 5.07. The van der Waals surface area contributed by atoms with Crippen molar-refractivity contribution in [2.24, 2.45) is 5.14 Å². The molecule has 0 amide bonds. The second-order valence-corrected chi connectivity index (χ2v) is 6.04. The Balaban J connectivity index is 2.47. The molecule has 2 rings (SSSR count). The van der Waals surface area contributed by atoms with Crippen LogP contribution in [0.3, 0.4) is 0 Å². The lowest BCUT2D eigenvalue weighted by Gasteiger charge is -2.09. The molecule has 0 radical (unpaired) electrons. The first kappa shape index (κ1) is 13.5. The van der Waals surface area contributed by atoms with Crippen molar-refractivity contribution in [3.05, 3.63) is 40.6 Å². The van der Waals surface area contributed by atoms with E-state index in [1.165, 1.54) is 23.5 Å². The minimum atomic E-state index is -3.93. The highest BCUT2D eigenvalue weighted by Gasteiger charge is 2.16. The average Bonchev–Trinajstić information content (AvgIpc) is 2.80. The van der Waals surface area contributed by atoms with E-state index >= 15 is 0 Å². The van der Waals surface area contributed by atoms with Crippen LogP contribution in [0.25, 0.3) is 0 Å². The Morgan fingerprint density at radius 1 is 1.32 bits per heavy atom. The zero-order chi connectivity index (χ0) is 14.0. The zero-order valence-corrected chi connectivity index (χ0v) is 11.2. The molecule has 1 heterocycles. The first-order valence-corrected chi connectivity index (χ1v) is 7.56. The van der Waals surface area contributed by atoms with Crippen LogP contribution in [-0.4, -0.2) is 19.5 Å². The lowest BCUT2D eigenvalue weighted by molar-refractivity contribution is 0.0697. The number of hydrogen-bond acceptors (Lipinski definition) is 5. The molecule has 19 heavy (non-hydrogen) atoms. The van der Waals surface area contributed by atoms with Crippen LogP contribution in [0.5, 0.6) is 0 Å². The number of hydrogen-bond donors (Lipinski definition) is 3. The third-order valence-corrected chi connectivity index (χ3v) is 3.94. The normalized spacial score (nSPS) is 11.2. The van der Waals surface area contributed by atoms with Gasteiger partial charge in [-0.15, -0.1) is 0 Å². The summed E-state index contributed by atoms with van der Waals surface area (Å²) in [6.45, 7) is 0. The summed E-state index contributed by atoms with van der Waals surface area (Å²) < 4.78 is 22.4. The summed E-state index contributed by atoms with van der Waals surface area (Å²) in [5.41, 5.74) is 0.881. The third kappa shape index (κ3) is 3.11. The van der Waals surface area contributed by atoms with Gasteiger partial charge < -0.3 is 10.4 Å². The maximum absolute atomic E-state index is 11.2. The molecule has 100 valence electrons. The van der Waals surface area contributed by atoms with E-state index in [1.807, 2.05) is 5.38 Å². The molecular weight excluding hydrogens is 288 g/mol. The number of aromatic carboxylic acids is 1. The van der Waals surface area contributed by atoms with Crippen molar-refractivity contribution in [1.29, 1.82) is 0 Å². The Hall–Kier alpha value is -1.90. The van der Waals surface area contributed by atoms with Crippen molar-refractivity contribution in [3.8, 4) is 0 Å². The highest BCUT2D eigenvalue weighted by atomic mass is 32.2. The number of anilines is 2. The number of carbonyl (C=O) groups is 1. The van der Waals surface area contributed by atoms with Crippen LogP contribution < -0.4 is 10.5 Å². The number of nitrogens with two attached hydrogens (primary N) is 1. The van der Waals surface area contributed by atoms with Crippen molar-refractivity contribution >= 4 is 38.7 Å². The second kappa shape index (κ2) is 5.00. The lowest BCUT2D eigenvalue weighted by atomic mass is 10.2. The van der Waals surface area contributed by atoms with E-state index in [1.54, 1.807) is 11.4 Å². The smallest absolute Gasteiger partial charge is 0.337 e. The molecule has 0 atom stereocenters. The highest BCUT2D eigenvalue weighted by Crippen LogP contribution is 2.25. The molecule has 1 aromatic heterocycles. The number of sulfonamides is 1. The summed E-state index contributed by atoms with van der Waals surface area (Å²) in [5, 5.41) is 20.6. The quantitative estimate of drug-likeness (QED) is 0.797. The summed E-state index contributed by atoms with van der Waals surface area (Å²) in [5.74, 6) is -1.23. The van der Waals surface area contributed by atoms with Crippen molar-refractivity contribution in [3.63, 3.8) is 0 Å². The van der Waals surface area contributed by atoms with Crippen LogP contribution in [0.15, 0.2) is 39.9 Å². The molecule has 0 aliphatic heterocycles. The molecule has 0 fully saturated rings. The predicted octanol–water partition coefficient (Wildman–Crippen LogP) is 1.84. The van der Waals surface area contributed by atoms with Gasteiger partial charge in [0.1, 0.15) is 0 Å². The fourth-order valence-corrected chi connectivity index (χ4v) is 2.61. The Labute approximate surface area is 113 Å². The van der Waals surface area contributed by atoms with Crippen LogP contribution in [0.4, 0.5) is 11.4 Å². The molecule has 4 N–H and O–H groups in total. The number of nitrogens with one attached hydrogen (secondary N) is 1. The van der Waals surface area contributed by atoms with E-state index in [0.717, 1.165) is 11.8 Å². The van der Waals surface area contributed by atoms with E-state index < -0.39 is 16.0 Å². The molecule has 0 unspecified atom stereocenters. The molecule has 0 saturated carbocycles. The van der Waals surface area contributed by atoms with Gasteiger partial charge in [-0.25, -0.2) is 18.4 Å². The SMILES string of the molecule is NS(=O)(=O)c1ccc(Nc2ccsc2)c(C(=O)O)c1. The number of thiophene rings is 1. The number of benzene rings is 1. The number of rotatable bonds is 4. The summed E-state index contributed by atoms with van der Waals surface area (Å²) in [7, 11) is -3.93. The lowest BCUT2D eigenvalue weighted by Crippen LogP contribution is -2.13. The van der Waals surface area contributed by atoms with Crippen molar-refractivity contribution in [2.75, 3.05) is 5.32 Å². The van der Waals surface area contributed by atoms with Crippen LogP contribution >= 0.6 is 11.3 Å². The monoisotopic (exact) mass is 298 g/mol. The fraction of sp³-hybridized carbons (Fsp3) is 0. The van der Waals surface area contributed by atoms with E-state index in [-0.39, 0.29) is 10.5 Å². The number of carboxylic acids is 1. The maximum atomic E-state index is 11.2. The molecule has 1 aromatic carbocycles. The van der Waals surface area contributed by atoms with Gasteiger partial charge in [-0.3, -0.25) is 0 Å². The van der Waals surface area contributed by atoms with E-state index in [0.29, 0.717) is 5.69 Å². The van der Waals surface area contributed by atoms with E-state index in [4.69, 9.17) is 10.2 Å². The molecule has 0 aliphatic carbocycles. The van der Waals surface area contributed by atoms with Crippen LogP contribution in [0.1, 0.15) is 10.4 Å². The third-order valence-electron chi connectivity index (χ3n) is 2.35. The molecule has 0 spiro atoms. The number of primary sulfonamides is 1. The summed E-state index contributed by atoms with van der Waals surface area (Å²) in [6, 6.07) is 5.45. The van der Waals surface area contributed by atoms with Crippen molar-refractivity contribution in [2.45, 2.75) is 4.90 Å². The van der Waals surface area contributed by atoms with Gasteiger partial charge in [0.25, 0.3) is 0 Å². The molecule has 0 saturated heterocycles. The highest BCUT2D eigenvalue weighted by molar-refractivity contribution is 7.89. The van der Waals surface area contributed by atoms with Crippen LogP contribution in [0.2, 0.25) is 0 Å². The standard InChI is InChI=1S/C11H10N2O4S2/c12-19(16,17)8-1-2-10(9(5-8)11(14)15)13-7-3-4-18-6-7/h1-6,13H,(H,14,15)(H2,12,16,17). The molecular formula is C11H10N2O4S2. The summed E-state index contributed by atoms with van der Waals surface area (Å²) in [4.78, 5) is 10.9. The average molecular weight is 298 g/mol. The summed E-state index contributed by atoms with van der Waals surface area (Å²) in [6.07, 6.45) is 0. The summed E-state index contributed by atoms with van der Waals surface area (Å²) >= 11 is 1.45. The van der Waals surface area contributed by atoms with Crippen molar-refractivity contribution < 1.29 is 18.3 Å². The Morgan fingerprint density at radius 3 is 2.58 bits per heavy atom. The van der Waals surface area contributed by atoms with Crippen LogP contribution in [0, 0.1) is 0 Å². The maximum Gasteiger partial charge on any atom is 0.337 e. The number of carboxylic acid groups (broad SMARTS) is 1. The minimum Gasteiger partial charge on any atom is -0.478 e. The topological polar surface area (TPSA) is 109 Å². The van der Waals surface area contributed by atoms with Gasteiger partial charge in [-0.05, 0) is 29.6 Å². The van der Waals surface area contributed by atoms with Crippen LogP contribution in [-0.2, 0) is 10.0 Å². The Kier molecular flexibility index (Phi) is 3.56. The second-order valence-electron chi connectivity index (χ2n) is 3.69. The zero-order valence-electron chi connectivity index (χ0n) is 9.53. The van der Waals surface area contributed by atoms with Gasteiger partial charge in [0.15, 0.2) is 0 Å². The van der Waals surface area contributed by atoms with E-state index in [9.17, 15) is 13.2 Å². The van der Waals surface area contributed by atoms with Gasteiger partial charge in [0.05, 0.1) is 16.1 Å². The van der Waals surface area contributed by atoms with Gasteiger partial charge >= 0.3 is 5.97 Å². The van der Waals surface area contributed by atoms with E-state index in [2.05, 4.69) is 5.32 Å². The predicted molar refractivity (Wildman–Crippen MR) is 72.4 cm³/mol. The molecule has 2 aromatic rings. The Morgan fingerprint density at radius 2 is 2.05 bits per heavy atom. The molecule has 0 aliphatic rings. The minimum absolute atomic E-state index is 0.155. The van der Waals surface area contributed by atoms with Gasteiger partial charge in [0, 0.05) is 11.1 Å². The first-order chi connectivity index (χ1) is 8.88. The molecule has 8 heteroatoms. The molecule has 6 nitrogen and oxygen atoms in total. The van der Waals surface area contributed by atoms with Gasteiger partial charge in [0.2, 0.25) is 10.0 Å². The Bertz CT molecular complexity index is 708. The molecule has 0 bridgehead atoms. The van der Waals surface area contributed by atoms with Crippen molar-refractivity contribution in [1.82, 2.24) is 0 Å². The van der Waals surface area contributed by atoms with Gasteiger partial charge in [-0.2, -0.15) is 11.3 Å². The largest absolute Gasteiger partial charge is 0.478 e.